The third kappa shape index (κ3) is 2.61. The van der Waals surface area contributed by atoms with Crippen LogP contribution in [0.15, 0.2) is 0 Å². The topological polar surface area (TPSA) is 61.4 Å². The van der Waals surface area contributed by atoms with Gasteiger partial charge in [0, 0.05) is 26.6 Å². The molecular formula is C8H15N3O2. The van der Waals surface area contributed by atoms with Crippen LogP contribution in [0, 0.1) is 0 Å². The van der Waals surface area contributed by atoms with E-state index in [1.165, 1.54) is 6.92 Å². The molecule has 2 N–H and O–H groups in total. The van der Waals surface area contributed by atoms with Crippen LogP contribution in [0.5, 0.6) is 0 Å². The lowest BCUT2D eigenvalue weighted by Crippen LogP contribution is -2.62. The Labute approximate surface area is 77.5 Å². The van der Waals surface area contributed by atoms with Crippen LogP contribution in [0.1, 0.15) is 13.8 Å². The van der Waals surface area contributed by atoms with Crippen molar-refractivity contribution in [1.29, 1.82) is 0 Å². The zero-order valence-electron chi connectivity index (χ0n) is 7.96. The van der Waals surface area contributed by atoms with Gasteiger partial charge in [0.1, 0.15) is 0 Å². The lowest BCUT2D eigenvalue weighted by atomic mass is 10.1. The van der Waals surface area contributed by atoms with Crippen molar-refractivity contribution in [1.82, 2.24) is 15.5 Å². The molecule has 1 aliphatic heterocycles. The third-order valence-electron chi connectivity index (χ3n) is 1.90. The molecule has 0 atom stereocenters. The summed E-state index contributed by atoms with van der Waals surface area (Å²) in [5.74, 6) is -0.0412. The minimum Gasteiger partial charge on any atom is -0.350 e. The molecule has 3 amide bonds. The monoisotopic (exact) mass is 185 g/mol. The molecule has 0 unspecified atom stereocenters. The van der Waals surface area contributed by atoms with Crippen molar-refractivity contribution in [2.75, 3.05) is 19.6 Å². The molecule has 0 saturated carbocycles. The third-order valence-corrected chi connectivity index (χ3v) is 1.90. The Morgan fingerprint density at radius 3 is 2.54 bits per heavy atom. The molecule has 1 fully saturated rings. The summed E-state index contributed by atoms with van der Waals surface area (Å²) in [7, 11) is 0. The van der Waals surface area contributed by atoms with Gasteiger partial charge in [-0.05, 0) is 6.92 Å². The van der Waals surface area contributed by atoms with E-state index in [4.69, 9.17) is 0 Å². The van der Waals surface area contributed by atoms with E-state index in [1.54, 1.807) is 4.90 Å². The van der Waals surface area contributed by atoms with Crippen LogP contribution >= 0.6 is 0 Å². The van der Waals surface area contributed by atoms with E-state index in [9.17, 15) is 9.59 Å². The van der Waals surface area contributed by atoms with E-state index in [2.05, 4.69) is 10.6 Å². The molecule has 1 saturated heterocycles. The highest BCUT2D eigenvalue weighted by Gasteiger charge is 2.30. The molecule has 0 spiro atoms. The van der Waals surface area contributed by atoms with Crippen molar-refractivity contribution < 1.29 is 9.59 Å². The summed E-state index contributed by atoms with van der Waals surface area (Å²) in [6.07, 6.45) is 0. The normalized spacial score (nSPS) is 16.3. The minimum absolute atomic E-state index is 0.0412. The minimum atomic E-state index is -0.0518. The number of hydrogen-bond donors (Lipinski definition) is 2. The first-order chi connectivity index (χ1) is 6.13. The van der Waals surface area contributed by atoms with Gasteiger partial charge >= 0.3 is 6.03 Å². The average Bonchev–Trinajstić information content (AvgIpc) is 1.95. The second-order valence-corrected chi connectivity index (χ2v) is 3.14. The Hall–Kier alpha value is -1.26. The highest BCUT2D eigenvalue weighted by atomic mass is 16.2. The van der Waals surface area contributed by atoms with Crippen LogP contribution in [0.4, 0.5) is 4.79 Å². The maximum absolute atomic E-state index is 11.2. The van der Waals surface area contributed by atoms with Gasteiger partial charge in [0.2, 0.25) is 5.91 Å². The highest BCUT2D eigenvalue weighted by molar-refractivity contribution is 5.77. The average molecular weight is 185 g/mol. The van der Waals surface area contributed by atoms with Crippen LogP contribution in [0.2, 0.25) is 0 Å². The number of carbonyl (C=O) groups excluding carboxylic acids is 2. The quantitative estimate of drug-likeness (QED) is 0.611. The smallest absolute Gasteiger partial charge is 0.317 e. The Bertz CT molecular complexity index is 211. The molecule has 13 heavy (non-hydrogen) atoms. The second kappa shape index (κ2) is 4.11. The summed E-state index contributed by atoms with van der Waals surface area (Å²) in [5.41, 5.74) is 0. The lowest BCUT2D eigenvalue weighted by Gasteiger charge is -2.39. The van der Waals surface area contributed by atoms with Gasteiger partial charge in [-0.25, -0.2) is 4.79 Å². The number of amides is 3. The molecule has 1 heterocycles. The zero-order valence-corrected chi connectivity index (χ0v) is 7.96. The number of urea groups is 1. The van der Waals surface area contributed by atoms with E-state index in [0.717, 1.165) is 0 Å². The van der Waals surface area contributed by atoms with Gasteiger partial charge in [-0.2, -0.15) is 0 Å². The van der Waals surface area contributed by atoms with Gasteiger partial charge in [0.25, 0.3) is 0 Å². The molecular weight excluding hydrogens is 170 g/mol. The van der Waals surface area contributed by atoms with Crippen molar-refractivity contribution in [2.45, 2.75) is 19.9 Å². The predicted octanol–water partition coefficient (Wildman–Crippen LogP) is -0.464. The van der Waals surface area contributed by atoms with Gasteiger partial charge in [-0.3, -0.25) is 4.79 Å². The molecule has 5 nitrogen and oxygen atoms in total. The number of nitrogens with zero attached hydrogens (tertiary/aromatic N) is 1. The van der Waals surface area contributed by atoms with Crippen molar-refractivity contribution >= 4 is 11.9 Å². The summed E-state index contributed by atoms with van der Waals surface area (Å²) in [4.78, 5) is 23.4. The Morgan fingerprint density at radius 2 is 2.08 bits per heavy atom. The summed E-state index contributed by atoms with van der Waals surface area (Å²) < 4.78 is 0. The summed E-state index contributed by atoms with van der Waals surface area (Å²) >= 11 is 0. The molecule has 0 aromatic rings. The lowest BCUT2D eigenvalue weighted by molar-refractivity contribution is -0.120. The fourth-order valence-electron chi connectivity index (χ4n) is 1.29. The molecule has 0 aromatic carbocycles. The van der Waals surface area contributed by atoms with Crippen molar-refractivity contribution in [2.24, 2.45) is 0 Å². The largest absolute Gasteiger partial charge is 0.350 e. The fourth-order valence-corrected chi connectivity index (χ4v) is 1.29. The van der Waals surface area contributed by atoms with E-state index in [1.807, 2.05) is 6.92 Å². The second-order valence-electron chi connectivity index (χ2n) is 3.14. The zero-order chi connectivity index (χ0) is 9.84. The molecule has 0 aliphatic carbocycles. The summed E-state index contributed by atoms with van der Waals surface area (Å²) in [6, 6.07) is 0.0872. The molecule has 74 valence electrons. The Balaban J connectivity index is 2.17. The first-order valence-corrected chi connectivity index (χ1v) is 4.43. The number of likely N-dealkylation sites (tertiary alicyclic amines) is 1. The highest BCUT2D eigenvalue weighted by Crippen LogP contribution is 2.06. The number of nitrogens with one attached hydrogen (secondary N) is 2. The SMILES string of the molecule is CCNC(=O)N1CC(NC(C)=O)C1. The first-order valence-electron chi connectivity index (χ1n) is 4.43. The molecule has 1 rings (SSSR count). The molecule has 0 radical (unpaired) electrons. The fraction of sp³-hybridized carbons (Fsp3) is 0.750. The van der Waals surface area contributed by atoms with Crippen molar-refractivity contribution in [3.63, 3.8) is 0 Å². The molecule has 0 aromatic heterocycles. The summed E-state index contributed by atoms with van der Waals surface area (Å²) in [5, 5.41) is 5.44. The predicted molar refractivity (Wildman–Crippen MR) is 48.3 cm³/mol. The van der Waals surface area contributed by atoms with Gasteiger partial charge in [-0.1, -0.05) is 0 Å². The molecule has 0 bridgehead atoms. The molecule has 1 aliphatic rings. The number of hydrogen-bond acceptors (Lipinski definition) is 2. The van der Waals surface area contributed by atoms with Gasteiger partial charge in [-0.15, -0.1) is 0 Å². The van der Waals surface area contributed by atoms with Crippen LogP contribution in [-0.2, 0) is 4.79 Å². The maximum atomic E-state index is 11.2. The van der Waals surface area contributed by atoms with E-state index in [0.29, 0.717) is 19.6 Å². The van der Waals surface area contributed by atoms with E-state index < -0.39 is 0 Å². The van der Waals surface area contributed by atoms with E-state index in [-0.39, 0.29) is 18.0 Å². The number of rotatable bonds is 2. The first kappa shape index (κ1) is 9.83. The van der Waals surface area contributed by atoms with Crippen molar-refractivity contribution in [3.8, 4) is 0 Å². The van der Waals surface area contributed by atoms with Crippen LogP contribution in [0.25, 0.3) is 0 Å². The van der Waals surface area contributed by atoms with Gasteiger partial charge < -0.3 is 15.5 Å². The van der Waals surface area contributed by atoms with Gasteiger partial charge in [0.15, 0.2) is 0 Å². The standard InChI is InChI=1S/C8H15N3O2/c1-3-9-8(13)11-4-7(5-11)10-6(2)12/h7H,3-5H2,1-2H3,(H,9,13)(H,10,12). The maximum Gasteiger partial charge on any atom is 0.317 e. The summed E-state index contributed by atoms with van der Waals surface area (Å²) in [6.45, 7) is 5.23. The Kier molecular flexibility index (Phi) is 3.11. The van der Waals surface area contributed by atoms with Crippen molar-refractivity contribution in [3.05, 3.63) is 0 Å². The van der Waals surface area contributed by atoms with Crippen LogP contribution in [0.3, 0.4) is 0 Å². The van der Waals surface area contributed by atoms with E-state index >= 15 is 0 Å². The Morgan fingerprint density at radius 1 is 1.46 bits per heavy atom. The number of carbonyl (C=O) groups is 2. The van der Waals surface area contributed by atoms with Crippen LogP contribution in [-0.4, -0.2) is 42.5 Å². The van der Waals surface area contributed by atoms with Gasteiger partial charge in [0.05, 0.1) is 6.04 Å². The molecule has 5 heteroatoms. The van der Waals surface area contributed by atoms with Crippen LogP contribution < -0.4 is 10.6 Å².